The highest BCUT2D eigenvalue weighted by Gasteiger charge is 2.02. The van der Waals surface area contributed by atoms with Gasteiger partial charge in [0.1, 0.15) is 6.61 Å². The lowest BCUT2D eigenvalue weighted by Gasteiger charge is -2.08. The van der Waals surface area contributed by atoms with E-state index in [-0.39, 0.29) is 5.97 Å². The average molecular weight is 441 g/mol. The van der Waals surface area contributed by atoms with E-state index in [2.05, 4.69) is 22.9 Å². The molecule has 0 unspecified atom stereocenters. The zero-order valence-electron chi connectivity index (χ0n) is 16.3. The van der Waals surface area contributed by atoms with Crippen LogP contribution in [-0.4, -0.2) is 70.8 Å². The van der Waals surface area contributed by atoms with Crippen LogP contribution >= 0.6 is 15.9 Å². The lowest BCUT2D eigenvalue weighted by Crippen LogP contribution is -2.14. The highest BCUT2D eigenvalue weighted by Crippen LogP contribution is 2.07. The number of halogens is 1. The molecule has 0 aliphatic heterocycles. The number of rotatable bonds is 21. The van der Waals surface area contributed by atoms with Gasteiger partial charge in [-0.15, -0.1) is 0 Å². The van der Waals surface area contributed by atoms with Gasteiger partial charge in [0, 0.05) is 11.8 Å². The number of ether oxygens (including phenoxy) is 5. The molecule has 0 saturated carbocycles. The SMILES string of the molecule is CCCCCCCCC(=O)OCCOCCOCCOCCOCCBr. The van der Waals surface area contributed by atoms with Gasteiger partial charge in [0.05, 0.1) is 52.9 Å². The van der Waals surface area contributed by atoms with Crippen LogP contribution in [0.15, 0.2) is 0 Å². The second-order valence-electron chi connectivity index (χ2n) is 5.88. The molecule has 0 fully saturated rings. The Bertz CT molecular complexity index is 291. The van der Waals surface area contributed by atoms with Crippen LogP contribution in [0.5, 0.6) is 0 Å². The van der Waals surface area contributed by atoms with Crippen molar-refractivity contribution in [1.82, 2.24) is 0 Å². The molecule has 0 bridgehead atoms. The van der Waals surface area contributed by atoms with Crippen LogP contribution in [0.3, 0.4) is 0 Å². The van der Waals surface area contributed by atoms with Gasteiger partial charge in [-0.2, -0.15) is 0 Å². The van der Waals surface area contributed by atoms with E-state index in [0.717, 1.165) is 18.2 Å². The number of unbranched alkanes of at least 4 members (excludes halogenated alkanes) is 5. The first-order valence-electron chi connectivity index (χ1n) is 9.83. The van der Waals surface area contributed by atoms with Crippen LogP contribution in [0, 0.1) is 0 Å². The normalized spacial score (nSPS) is 11.0. The number of carbonyl (C=O) groups excluding carboxylic acids is 1. The maximum absolute atomic E-state index is 11.5. The van der Waals surface area contributed by atoms with Crippen LogP contribution in [0.2, 0.25) is 0 Å². The molecule has 0 radical (unpaired) electrons. The molecule has 0 aromatic rings. The van der Waals surface area contributed by atoms with Gasteiger partial charge in [0.2, 0.25) is 0 Å². The van der Waals surface area contributed by atoms with E-state index in [4.69, 9.17) is 23.7 Å². The molecule has 0 aliphatic rings. The summed E-state index contributed by atoms with van der Waals surface area (Å²) < 4.78 is 26.5. The van der Waals surface area contributed by atoms with Crippen molar-refractivity contribution < 1.29 is 28.5 Å². The van der Waals surface area contributed by atoms with Gasteiger partial charge in [-0.3, -0.25) is 4.79 Å². The topological polar surface area (TPSA) is 63.2 Å². The molecule has 0 spiro atoms. The molecular weight excluding hydrogens is 404 g/mol. The smallest absolute Gasteiger partial charge is 0.305 e. The van der Waals surface area contributed by atoms with Gasteiger partial charge in [-0.05, 0) is 6.42 Å². The molecule has 156 valence electrons. The van der Waals surface area contributed by atoms with Gasteiger partial charge in [0.25, 0.3) is 0 Å². The third-order valence-electron chi connectivity index (χ3n) is 3.56. The number of alkyl halides is 1. The fraction of sp³-hybridized carbons (Fsp3) is 0.947. The van der Waals surface area contributed by atoms with E-state index in [0.29, 0.717) is 65.9 Å². The molecule has 0 N–H and O–H groups in total. The quantitative estimate of drug-likeness (QED) is 0.154. The predicted octanol–water partition coefficient (Wildman–Crippen LogP) is 3.74. The highest BCUT2D eigenvalue weighted by atomic mass is 79.9. The standard InChI is InChI=1S/C19H37BrO6/c1-2-3-4-5-6-7-8-19(21)26-18-17-25-16-15-24-14-13-23-12-11-22-10-9-20/h2-18H2,1H3. The lowest BCUT2D eigenvalue weighted by molar-refractivity contribution is -0.145. The maximum atomic E-state index is 11.5. The van der Waals surface area contributed by atoms with Crippen LogP contribution in [0.1, 0.15) is 51.9 Å². The van der Waals surface area contributed by atoms with Crippen molar-refractivity contribution in [3.8, 4) is 0 Å². The zero-order valence-corrected chi connectivity index (χ0v) is 17.9. The number of carbonyl (C=O) groups is 1. The van der Waals surface area contributed by atoms with Gasteiger partial charge in [-0.25, -0.2) is 0 Å². The zero-order chi connectivity index (χ0) is 19.1. The third kappa shape index (κ3) is 21.8. The Balaban J connectivity index is 3.11. The summed E-state index contributed by atoms with van der Waals surface area (Å²) >= 11 is 3.29. The summed E-state index contributed by atoms with van der Waals surface area (Å²) in [5, 5.41) is 0.842. The molecule has 6 nitrogen and oxygen atoms in total. The van der Waals surface area contributed by atoms with E-state index in [9.17, 15) is 4.79 Å². The Labute approximate surface area is 167 Å². The predicted molar refractivity (Wildman–Crippen MR) is 106 cm³/mol. The van der Waals surface area contributed by atoms with E-state index in [1.807, 2.05) is 0 Å². The summed E-state index contributed by atoms with van der Waals surface area (Å²) in [5.74, 6) is -0.127. The first-order valence-corrected chi connectivity index (χ1v) is 11.0. The molecule has 7 heteroatoms. The Hall–Kier alpha value is -0.210. The minimum atomic E-state index is -0.127. The molecule has 26 heavy (non-hydrogen) atoms. The molecule has 0 rings (SSSR count). The second-order valence-corrected chi connectivity index (χ2v) is 6.67. The highest BCUT2D eigenvalue weighted by molar-refractivity contribution is 9.09. The van der Waals surface area contributed by atoms with Gasteiger partial charge in [0.15, 0.2) is 0 Å². The summed E-state index contributed by atoms with van der Waals surface area (Å²) in [6.45, 7) is 6.89. The van der Waals surface area contributed by atoms with Gasteiger partial charge < -0.3 is 23.7 Å². The first kappa shape index (κ1) is 25.8. The van der Waals surface area contributed by atoms with Crippen LogP contribution in [0.4, 0.5) is 0 Å². The molecule has 0 amide bonds. The van der Waals surface area contributed by atoms with Crippen molar-refractivity contribution in [1.29, 1.82) is 0 Å². The summed E-state index contributed by atoms with van der Waals surface area (Å²) in [6.07, 6.45) is 7.54. The van der Waals surface area contributed by atoms with Crippen molar-refractivity contribution in [3.05, 3.63) is 0 Å². The van der Waals surface area contributed by atoms with Crippen molar-refractivity contribution in [3.63, 3.8) is 0 Å². The van der Waals surface area contributed by atoms with Crippen molar-refractivity contribution in [2.75, 3.05) is 64.8 Å². The Kier molecular flexibility index (Phi) is 22.6. The molecule has 0 aliphatic carbocycles. The van der Waals surface area contributed by atoms with Crippen LogP contribution < -0.4 is 0 Å². The summed E-state index contributed by atoms with van der Waals surface area (Å²) in [7, 11) is 0. The number of esters is 1. The summed E-state index contributed by atoms with van der Waals surface area (Å²) in [6, 6.07) is 0. The van der Waals surface area contributed by atoms with Crippen LogP contribution in [-0.2, 0) is 28.5 Å². The largest absolute Gasteiger partial charge is 0.463 e. The molecule has 0 heterocycles. The number of hydrogen-bond donors (Lipinski definition) is 0. The minimum Gasteiger partial charge on any atom is -0.463 e. The lowest BCUT2D eigenvalue weighted by atomic mass is 10.1. The van der Waals surface area contributed by atoms with E-state index >= 15 is 0 Å². The minimum absolute atomic E-state index is 0.127. The first-order chi connectivity index (χ1) is 12.8. The molecule has 0 atom stereocenters. The van der Waals surface area contributed by atoms with E-state index in [1.165, 1.54) is 25.7 Å². The Morgan fingerprint density at radius 2 is 1.12 bits per heavy atom. The Morgan fingerprint density at radius 3 is 1.65 bits per heavy atom. The monoisotopic (exact) mass is 440 g/mol. The van der Waals surface area contributed by atoms with Gasteiger partial charge >= 0.3 is 5.97 Å². The van der Waals surface area contributed by atoms with Crippen molar-refractivity contribution >= 4 is 21.9 Å². The van der Waals surface area contributed by atoms with Crippen LogP contribution in [0.25, 0.3) is 0 Å². The van der Waals surface area contributed by atoms with Crippen molar-refractivity contribution in [2.24, 2.45) is 0 Å². The average Bonchev–Trinajstić information content (AvgIpc) is 2.65. The fourth-order valence-corrected chi connectivity index (χ4v) is 2.38. The maximum Gasteiger partial charge on any atom is 0.305 e. The van der Waals surface area contributed by atoms with Gasteiger partial charge in [-0.1, -0.05) is 55.0 Å². The third-order valence-corrected chi connectivity index (χ3v) is 3.89. The molecule has 0 aromatic heterocycles. The van der Waals surface area contributed by atoms with E-state index < -0.39 is 0 Å². The molecular formula is C19H37BrO6. The number of hydrogen-bond acceptors (Lipinski definition) is 6. The fourth-order valence-electron chi connectivity index (χ4n) is 2.15. The second kappa shape index (κ2) is 22.8. The summed E-state index contributed by atoms with van der Waals surface area (Å²) in [5.41, 5.74) is 0. The molecule has 0 aromatic carbocycles. The molecule has 0 saturated heterocycles. The summed E-state index contributed by atoms with van der Waals surface area (Å²) in [4.78, 5) is 11.5. The van der Waals surface area contributed by atoms with Crippen molar-refractivity contribution in [2.45, 2.75) is 51.9 Å². The van der Waals surface area contributed by atoms with E-state index in [1.54, 1.807) is 0 Å². The Morgan fingerprint density at radius 1 is 0.654 bits per heavy atom.